The Morgan fingerprint density at radius 3 is 1.44 bits per heavy atom. The number of halogens is 2. The molecule has 2 aromatic rings. The maximum Gasteiger partial charge on any atom is 0.240 e. The van der Waals surface area contributed by atoms with Crippen LogP contribution in [-0.4, -0.2) is 25.3 Å². The first-order valence-corrected chi connectivity index (χ1v) is 11.9. The van der Waals surface area contributed by atoms with Gasteiger partial charge in [-0.1, -0.05) is 35.3 Å². The zero-order valence-corrected chi connectivity index (χ0v) is 17.2. The second-order valence-electron chi connectivity index (χ2n) is 4.89. The zero-order valence-electron chi connectivity index (χ0n) is 13.2. The first-order chi connectivity index (χ1) is 12.0. The zero-order chi connectivity index (χ0) is 21.2. The van der Waals surface area contributed by atoms with Crippen molar-refractivity contribution in [2.45, 2.75) is 14.7 Å². The van der Waals surface area contributed by atoms with Crippen molar-refractivity contribution in [3.05, 3.63) is 46.4 Å². The maximum atomic E-state index is 11.1. The maximum absolute atomic E-state index is 11.1. The molecule has 0 saturated carbocycles. The number of sulfonamides is 3. The topological polar surface area (TPSA) is 206 Å². The normalized spacial score (nSPS) is 12.2. The molecule has 0 amide bonds. The summed E-state index contributed by atoms with van der Waals surface area (Å²) in [5.41, 5.74) is 5.09. The molecule has 2 rings (SSSR count). The summed E-state index contributed by atoms with van der Waals surface area (Å²) < 4.78 is 65.7. The van der Waals surface area contributed by atoms with Gasteiger partial charge in [0.05, 0.1) is 15.7 Å². The number of hydrogen-bond acceptors (Lipinski definition) is 7. The second-order valence-corrected chi connectivity index (χ2v) is 10.3. The minimum atomic E-state index is -4.14. The lowest BCUT2D eigenvalue weighted by atomic mass is 10.3. The van der Waals surface area contributed by atoms with Crippen LogP contribution in [0.1, 0.15) is 0 Å². The molecule has 0 aliphatic heterocycles. The fourth-order valence-electron chi connectivity index (χ4n) is 1.69. The number of benzene rings is 2. The highest BCUT2D eigenvalue weighted by atomic mass is 35.5. The summed E-state index contributed by atoms with van der Waals surface area (Å²) in [5, 5.41) is 14.4. The van der Waals surface area contributed by atoms with Crippen molar-refractivity contribution in [3.63, 3.8) is 0 Å². The number of nitrogen functional groups attached to an aromatic ring is 1. The van der Waals surface area contributed by atoms with E-state index in [4.69, 9.17) is 44.4 Å². The fraction of sp³-hybridized carbons (Fsp3) is 0. The van der Waals surface area contributed by atoms with Crippen molar-refractivity contribution in [2.24, 2.45) is 15.4 Å². The Labute approximate surface area is 166 Å². The van der Waals surface area contributed by atoms with Crippen LogP contribution < -0.4 is 21.2 Å². The van der Waals surface area contributed by atoms with Crippen LogP contribution >= 0.6 is 23.2 Å². The number of anilines is 1. The third-order valence-electron chi connectivity index (χ3n) is 2.82. The molecule has 0 saturated heterocycles. The molecular weight excluding hydrogens is 463 g/mol. The predicted octanol–water partition coefficient (Wildman–Crippen LogP) is 0.204. The van der Waals surface area contributed by atoms with Crippen LogP contribution in [0.3, 0.4) is 0 Å². The van der Waals surface area contributed by atoms with Crippen molar-refractivity contribution in [1.82, 2.24) is 0 Å². The van der Waals surface area contributed by atoms with Gasteiger partial charge >= 0.3 is 0 Å². The van der Waals surface area contributed by atoms with E-state index in [2.05, 4.69) is 0 Å². The minimum absolute atomic E-state index is 0.0401. The van der Waals surface area contributed by atoms with Crippen molar-refractivity contribution in [1.29, 1.82) is 0 Å². The van der Waals surface area contributed by atoms with E-state index < -0.39 is 39.9 Å². The lowest BCUT2D eigenvalue weighted by Crippen LogP contribution is -2.18. The molecule has 150 valence electrons. The van der Waals surface area contributed by atoms with Gasteiger partial charge in [0.25, 0.3) is 0 Å². The third-order valence-corrected chi connectivity index (χ3v) is 6.57. The first-order valence-electron chi connectivity index (χ1n) is 6.47. The van der Waals surface area contributed by atoms with E-state index in [1.54, 1.807) is 12.1 Å². The first kappa shape index (κ1) is 23.6. The average Bonchev–Trinajstić information content (AvgIpc) is 2.44. The number of primary sulfonamides is 3. The Morgan fingerprint density at radius 1 is 0.630 bits per heavy atom. The van der Waals surface area contributed by atoms with E-state index in [9.17, 15) is 25.3 Å². The summed E-state index contributed by atoms with van der Waals surface area (Å²) in [6.07, 6.45) is 0. The standard InChI is InChI=1S/C6H8ClN3O4S2.C6H6ClNO2S/c7-3-1-4(8)6(16(10,13)14)2-5(3)15(9,11)12;7-5-3-1-2-4-6(5)11(8,9)10/h1-2H,8H2,(H2,9,11,12)(H2,10,13,14);1-4H,(H2,8,9,10). The van der Waals surface area contributed by atoms with Crippen LogP contribution in [0.2, 0.25) is 10.0 Å². The fourth-order valence-corrected chi connectivity index (χ4v) is 4.61. The number of rotatable bonds is 3. The average molecular weight is 477 g/mol. The summed E-state index contributed by atoms with van der Waals surface area (Å²) in [5.74, 6) is 0. The Balaban J connectivity index is 0.000000289. The van der Waals surface area contributed by atoms with Crippen LogP contribution in [0.25, 0.3) is 0 Å². The highest BCUT2D eigenvalue weighted by Crippen LogP contribution is 2.28. The van der Waals surface area contributed by atoms with Gasteiger partial charge in [-0.2, -0.15) is 0 Å². The van der Waals surface area contributed by atoms with Gasteiger partial charge in [0.2, 0.25) is 30.1 Å². The van der Waals surface area contributed by atoms with Gasteiger partial charge in [0.15, 0.2) is 0 Å². The van der Waals surface area contributed by atoms with Crippen molar-refractivity contribution >= 4 is 59.0 Å². The molecule has 15 heteroatoms. The largest absolute Gasteiger partial charge is 0.398 e. The van der Waals surface area contributed by atoms with E-state index in [1.165, 1.54) is 12.1 Å². The molecule has 0 bridgehead atoms. The lowest BCUT2D eigenvalue weighted by molar-refractivity contribution is 0.594. The summed E-state index contributed by atoms with van der Waals surface area (Å²) in [4.78, 5) is -1.13. The van der Waals surface area contributed by atoms with Crippen LogP contribution in [0, 0.1) is 0 Å². The Kier molecular flexibility index (Phi) is 7.23. The predicted molar refractivity (Wildman–Crippen MR) is 101 cm³/mol. The molecule has 27 heavy (non-hydrogen) atoms. The van der Waals surface area contributed by atoms with Crippen LogP contribution in [0.15, 0.2) is 51.1 Å². The van der Waals surface area contributed by atoms with Crippen molar-refractivity contribution < 1.29 is 25.3 Å². The molecule has 10 nitrogen and oxygen atoms in total. The molecule has 0 fully saturated rings. The molecule has 0 aliphatic rings. The highest BCUT2D eigenvalue weighted by molar-refractivity contribution is 7.90. The van der Waals surface area contributed by atoms with Crippen LogP contribution in [0.5, 0.6) is 0 Å². The highest BCUT2D eigenvalue weighted by Gasteiger charge is 2.20. The molecular formula is C12H14Cl2N4O6S3. The third kappa shape index (κ3) is 6.58. The molecule has 0 aliphatic carbocycles. The van der Waals surface area contributed by atoms with Crippen molar-refractivity contribution in [3.8, 4) is 0 Å². The Morgan fingerprint density at radius 2 is 1.07 bits per heavy atom. The lowest BCUT2D eigenvalue weighted by Gasteiger charge is -2.07. The molecule has 2 aromatic carbocycles. The summed E-state index contributed by atoms with van der Waals surface area (Å²) >= 11 is 11.1. The van der Waals surface area contributed by atoms with E-state index >= 15 is 0 Å². The van der Waals surface area contributed by atoms with Gasteiger partial charge in [-0.05, 0) is 24.3 Å². The molecule has 0 unspecified atom stereocenters. The van der Waals surface area contributed by atoms with E-state index in [1.807, 2.05) is 0 Å². The minimum Gasteiger partial charge on any atom is -0.398 e. The Hall–Kier alpha value is -1.45. The van der Waals surface area contributed by atoms with Crippen LogP contribution in [-0.2, 0) is 30.1 Å². The molecule has 0 spiro atoms. The van der Waals surface area contributed by atoms with Crippen molar-refractivity contribution in [2.75, 3.05) is 5.73 Å². The number of hydrogen-bond donors (Lipinski definition) is 4. The molecule has 0 heterocycles. The van der Waals surface area contributed by atoms with Gasteiger partial charge in [0.1, 0.15) is 14.7 Å². The van der Waals surface area contributed by atoms with Gasteiger partial charge < -0.3 is 5.73 Å². The summed E-state index contributed by atoms with van der Waals surface area (Å²) in [7, 11) is -11.9. The molecule has 0 radical (unpaired) electrons. The summed E-state index contributed by atoms with van der Waals surface area (Å²) in [6.45, 7) is 0. The summed E-state index contributed by atoms with van der Waals surface area (Å²) in [6, 6.07) is 7.71. The molecule has 0 aromatic heterocycles. The van der Waals surface area contributed by atoms with Gasteiger partial charge in [0, 0.05) is 0 Å². The monoisotopic (exact) mass is 476 g/mol. The van der Waals surface area contributed by atoms with Gasteiger partial charge in [-0.25, -0.2) is 40.7 Å². The number of nitrogens with two attached hydrogens (primary N) is 4. The van der Waals surface area contributed by atoms with Gasteiger partial charge in [-0.3, -0.25) is 0 Å². The van der Waals surface area contributed by atoms with E-state index in [-0.39, 0.29) is 20.6 Å². The second kappa shape index (κ2) is 8.28. The molecule has 8 N–H and O–H groups in total. The van der Waals surface area contributed by atoms with Crippen LogP contribution in [0.4, 0.5) is 5.69 Å². The SMILES string of the molecule is NS(=O)(=O)c1ccccc1Cl.Nc1cc(Cl)c(S(N)(=O)=O)cc1S(N)(=O)=O. The Bertz CT molecular complexity index is 1130. The van der Waals surface area contributed by atoms with Gasteiger partial charge in [-0.15, -0.1) is 0 Å². The molecule has 0 atom stereocenters. The smallest absolute Gasteiger partial charge is 0.240 e. The van der Waals surface area contributed by atoms with E-state index in [0.717, 1.165) is 12.1 Å². The quantitative estimate of drug-likeness (QED) is 0.451. The van der Waals surface area contributed by atoms with E-state index in [0.29, 0.717) is 0 Å².